The first kappa shape index (κ1) is 16.8. The van der Waals surface area contributed by atoms with Gasteiger partial charge in [-0.1, -0.05) is 11.8 Å². The molecule has 0 bridgehead atoms. The Labute approximate surface area is 146 Å². The zero-order valence-electron chi connectivity index (χ0n) is 14.6. The number of H-pyrrole nitrogens is 1. The first-order chi connectivity index (χ1) is 11.5. The molecule has 0 spiro atoms. The third kappa shape index (κ3) is 3.26. The van der Waals surface area contributed by atoms with Crippen LogP contribution >= 0.6 is 11.8 Å². The van der Waals surface area contributed by atoms with E-state index in [4.69, 9.17) is 0 Å². The van der Waals surface area contributed by atoms with Gasteiger partial charge in [0, 0.05) is 57.0 Å². The minimum atomic E-state index is 0.0202. The van der Waals surface area contributed by atoms with Crippen molar-refractivity contribution < 1.29 is 0 Å². The van der Waals surface area contributed by atoms with Gasteiger partial charge in [0.05, 0.1) is 5.69 Å². The quantitative estimate of drug-likeness (QED) is 0.661. The number of hydrogen-bond donors (Lipinski definition) is 1. The Hall–Kier alpha value is -2.02. The average Bonchev–Trinajstić information content (AvgIpc) is 3.01. The number of aromatic nitrogens is 3. The highest BCUT2D eigenvalue weighted by Crippen LogP contribution is 2.32. The minimum Gasteiger partial charge on any atom is -0.377 e. The third-order valence-electron chi connectivity index (χ3n) is 4.19. The predicted octanol–water partition coefficient (Wildman–Crippen LogP) is 2.08. The summed E-state index contributed by atoms with van der Waals surface area (Å²) in [6, 6.07) is 2.02. The maximum absolute atomic E-state index is 12.2. The molecule has 0 fully saturated rings. The van der Waals surface area contributed by atoms with Crippen LogP contribution in [0.5, 0.6) is 0 Å². The van der Waals surface area contributed by atoms with Crippen LogP contribution in [0.15, 0.2) is 22.2 Å². The Kier molecular flexibility index (Phi) is 4.80. The summed E-state index contributed by atoms with van der Waals surface area (Å²) in [6.45, 7) is 0. The normalized spacial score (nSPS) is 13.0. The molecule has 0 saturated heterocycles. The molecule has 3 rings (SSSR count). The summed E-state index contributed by atoms with van der Waals surface area (Å²) in [6.07, 6.45) is 4.61. The molecule has 0 amide bonds. The standard InChI is InChI=1S/C17H23N5OS/c1-21(2)14-8-9-18-15(22(3)4)12(14)10-24-17-19-13-7-5-6-11(13)16(23)20-17/h8-9H,5-7,10H2,1-4H3,(H,19,20,23). The van der Waals surface area contributed by atoms with Gasteiger partial charge >= 0.3 is 0 Å². The molecule has 128 valence electrons. The summed E-state index contributed by atoms with van der Waals surface area (Å²) in [7, 11) is 8.04. The Morgan fingerprint density at radius 1 is 1.21 bits per heavy atom. The third-order valence-corrected chi connectivity index (χ3v) is 5.09. The van der Waals surface area contributed by atoms with Crippen LogP contribution in [0.3, 0.4) is 0 Å². The maximum atomic E-state index is 12.2. The second-order valence-electron chi connectivity index (χ2n) is 6.36. The number of rotatable bonds is 5. The number of pyridine rings is 1. The summed E-state index contributed by atoms with van der Waals surface area (Å²) in [5, 5.41) is 0.693. The van der Waals surface area contributed by atoms with Crippen molar-refractivity contribution in [1.29, 1.82) is 0 Å². The van der Waals surface area contributed by atoms with E-state index < -0.39 is 0 Å². The van der Waals surface area contributed by atoms with Crippen molar-refractivity contribution >= 4 is 23.3 Å². The van der Waals surface area contributed by atoms with Crippen LogP contribution in [0.1, 0.15) is 23.2 Å². The number of anilines is 2. The van der Waals surface area contributed by atoms with E-state index in [2.05, 4.69) is 19.9 Å². The van der Waals surface area contributed by atoms with Crippen molar-refractivity contribution in [1.82, 2.24) is 15.0 Å². The van der Waals surface area contributed by atoms with Gasteiger partial charge in [-0.25, -0.2) is 9.97 Å². The zero-order valence-corrected chi connectivity index (χ0v) is 15.4. The van der Waals surface area contributed by atoms with Crippen LogP contribution in [0.2, 0.25) is 0 Å². The fraction of sp³-hybridized carbons (Fsp3) is 0.471. The highest BCUT2D eigenvalue weighted by molar-refractivity contribution is 7.98. The van der Waals surface area contributed by atoms with Crippen molar-refractivity contribution in [3.05, 3.63) is 39.4 Å². The lowest BCUT2D eigenvalue weighted by atomic mass is 10.2. The Bertz CT molecular complexity index is 774. The molecule has 7 heteroatoms. The van der Waals surface area contributed by atoms with Crippen LogP contribution < -0.4 is 15.4 Å². The molecule has 0 unspecified atom stereocenters. The van der Waals surface area contributed by atoms with Gasteiger partial charge < -0.3 is 14.8 Å². The summed E-state index contributed by atoms with van der Waals surface area (Å²) < 4.78 is 0. The number of fused-ring (bicyclic) bond motifs is 1. The predicted molar refractivity (Wildman–Crippen MR) is 99.3 cm³/mol. The Morgan fingerprint density at radius 3 is 2.71 bits per heavy atom. The number of nitrogens with zero attached hydrogens (tertiary/aromatic N) is 4. The van der Waals surface area contributed by atoms with Crippen LogP contribution in [0.25, 0.3) is 0 Å². The van der Waals surface area contributed by atoms with Gasteiger partial charge in [0.2, 0.25) is 0 Å². The van der Waals surface area contributed by atoms with E-state index >= 15 is 0 Å². The topological polar surface area (TPSA) is 65.1 Å². The number of aryl methyl sites for hydroxylation is 1. The van der Waals surface area contributed by atoms with Gasteiger partial charge in [-0.05, 0) is 25.3 Å². The molecule has 2 aromatic rings. The van der Waals surface area contributed by atoms with Crippen molar-refractivity contribution in [2.75, 3.05) is 38.0 Å². The Morgan fingerprint density at radius 2 is 2.00 bits per heavy atom. The molecule has 0 saturated carbocycles. The van der Waals surface area contributed by atoms with E-state index in [-0.39, 0.29) is 5.56 Å². The number of aromatic amines is 1. The summed E-state index contributed by atoms with van der Waals surface area (Å²) in [5.74, 6) is 1.65. The van der Waals surface area contributed by atoms with E-state index in [1.54, 1.807) is 11.8 Å². The molecule has 2 aromatic heterocycles. The van der Waals surface area contributed by atoms with Crippen LogP contribution in [0, 0.1) is 0 Å². The molecule has 0 atom stereocenters. The molecular formula is C17H23N5OS. The molecular weight excluding hydrogens is 322 g/mol. The van der Waals surface area contributed by atoms with Crippen LogP contribution in [-0.4, -0.2) is 43.1 Å². The van der Waals surface area contributed by atoms with Gasteiger partial charge in [0.1, 0.15) is 5.82 Å². The van der Waals surface area contributed by atoms with E-state index in [1.165, 1.54) is 0 Å². The SMILES string of the molecule is CN(C)c1ccnc(N(C)C)c1CSc1nc2c(c(=O)[nH]1)CCC2. The van der Waals surface area contributed by atoms with E-state index in [1.807, 2.05) is 45.4 Å². The molecule has 1 N–H and O–H groups in total. The summed E-state index contributed by atoms with van der Waals surface area (Å²) in [4.78, 5) is 28.3. The molecule has 0 aliphatic heterocycles. The number of nitrogens with one attached hydrogen (secondary N) is 1. The number of thioether (sulfide) groups is 1. The maximum Gasteiger partial charge on any atom is 0.254 e. The lowest BCUT2D eigenvalue weighted by Crippen LogP contribution is -2.18. The fourth-order valence-corrected chi connectivity index (χ4v) is 3.94. The molecule has 1 aliphatic carbocycles. The Balaban J connectivity index is 1.89. The zero-order chi connectivity index (χ0) is 17.3. The van der Waals surface area contributed by atoms with Crippen LogP contribution in [-0.2, 0) is 18.6 Å². The van der Waals surface area contributed by atoms with Gasteiger partial charge in [0.15, 0.2) is 5.16 Å². The molecule has 2 heterocycles. The summed E-state index contributed by atoms with van der Waals surface area (Å²) in [5.41, 5.74) is 4.12. The first-order valence-corrected chi connectivity index (χ1v) is 9.03. The lowest BCUT2D eigenvalue weighted by molar-refractivity contribution is 0.869. The van der Waals surface area contributed by atoms with E-state index in [0.717, 1.165) is 47.6 Å². The van der Waals surface area contributed by atoms with Gasteiger partial charge in [-0.2, -0.15) is 0 Å². The van der Waals surface area contributed by atoms with Crippen molar-refractivity contribution in [3.8, 4) is 0 Å². The number of hydrogen-bond acceptors (Lipinski definition) is 6. The van der Waals surface area contributed by atoms with E-state index in [0.29, 0.717) is 10.9 Å². The molecule has 0 radical (unpaired) electrons. The molecule has 0 aromatic carbocycles. The van der Waals surface area contributed by atoms with E-state index in [9.17, 15) is 4.79 Å². The molecule has 1 aliphatic rings. The summed E-state index contributed by atoms with van der Waals surface area (Å²) >= 11 is 1.56. The average molecular weight is 345 g/mol. The highest BCUT2D eigenvalue weighted by atomic mass is 32.2. The van der Waals surface area contributed by atoms with Gasteiger partial charge in [0.25, 0.3) is 5.56 Å². The van der Waals surface area contributed by atoms with Crippen molar-refractivity contribution in [2.45, 2.75) is 30.2 Å². The lowest BCUT2D eigenvalue weighted by Gasteiger charge is -2.22. The van der Waals surface area contributed by atoms with Crippen LogP contribution in [0.4, 0.5) is 11.5 Å². The van der Waals surface area contributed by atoms with Gasteiger partial charge in [-0.15, -0.1) is 0 Å². The molecule has 6 nitrogen and oxygen atoms in total. The smallest absolute Gasteiger partial charge is 0.254 e. The first-order valence-electron chi connectivity index (χ1n) is 8.04. The second kappa shape index (κ2) is 6.84. The highest BCUT2D eigenvalue weighted by Gasteiger charge is 2.18. The largest absolute Gasteiger partial charge is 0.377 e. The van der Waals surface area contributed by atoms with Crippen molar-refractivity contribution in [3.63, 3.8) is 0 Å². The van der Waals surface area contributed by atoms with Crippen molar-refractivity contribution in [2.24, 2.45) is 0 Å². The fourth-order valence-electron chi connectivity index (χ4n) is 3.04. The second-order valence-corrected chi connectivity index (χ2v) is 7.32. The van der Waals surface area contributed by atoms with Gasteiger partial charge in [-0.3, -0.25) is 4.79 Å². The monoisotopic (exact) mass is 345 g/mol. The minimum absolute atomic E-state index is 0.0202. The molecule has 24 heavy (non-hydrogen) atoms.